The molecule has 1 aliphatic heterocycles. The molecule has 88 valence electrons. The Morgan fingerprint density at radius 3 is 3.00 bits per heavy atom. The van der Waals surface area contributed by atoms with Crippen LogP contribution in [0.3, 0.4) is 0 Å². The van der Waals surface area contributed by atoms with Crippen LogP contribution in [0.4, 0.5) is 0 Å². The van der Waals surface area contributed by atoms with E-state index in [0.717, 1.165) is 22.2 Å². The number of rotatable bonds is 1. The third-order valence-corrected chi connectivity index (χ3v) is 4.22. The third-order valence-electron chi connectivity index (χ3n) is 3.02. The van der Waals surface area contributed by atoms with E-state index >= 15 is 0 Å². The van der Waals surface area contributed by atoms with E-state index in [1.807, 2.05) is 18.2 Å². The molecule has 0 saturated carbocycles. The molecule has 0 spiro atoms. The summed E-state index contributed by atoms with van der Waals surface area (Å²) in [4.78, 5) is 0. The van der Waals surface area contributed by atoms with Crippen molar-refractivity contribution in [3.63, 3.8) is 0 Å². The van der Waals surface area contributed by atoms with E-state index in [-0.39, 0.29) is 12.1 Å². The number of nitrogens with two attached hydrogens (primary N) is 1. The molecule has 0 radical (unpaired) electrons. The molecule has 2 heterocycles. The van der Waals surface area contributed by atoms with E-state index in [9.17, 15) is 0 Å². The highest BCUT2D eigenvalue weighted by atomic mass is 79.9. The maximum Gasteiger partial charge on any atom is 0.126 e. The Labute approximate surface area is 113 Å². The molecule has 2 N–H and O–H groups in total. The Kier molecular flexibility index (Phi) is 2.94. The second-order valence-electron chi connectivity index (χ2n) is 4.19. The monoisotopic (exact) mass is 309 g/mol. The van der Waals surface area contributed by atoms with Gasteiger partial charge in [0.05, 0.1) is 0 Å². The number of halogens is 1. The van der Waals surface area contributed by atoms with Crippen LogP contribution in [0.2, 0.25) is 0 Å². The lowest BCUT2D eigenvalue weighted by atomic mass is 9.95. The molecule has 0 saturated heterocycles. The fourth-order valence-electron chi connectivity index (χ4n) is 2.14. The summed E-state index contributed by atoms with van der Waals surface area (Å²) in [6.07, 6.45) is 0.921. The molecule has 2 nitrogen and oxygen atoms in total. The molecule has 0 amide bonds. The lowest BCUT2D eigenvalue weighted by Crippen LogP contribution is -2.23. The van der Waals surface area contributed by atoms with Gasteiger partial charge in [-0.15, -0.1) is 0 Å². The molecular weight excluding hydrogens is 298 g/mol. The van der Waals surface area contributed by atoms with Crippen LogP contribution in [0.25, 0.3) is 0 Å². The minimum atomic E-state index is 0.0427. The van der Waals surface area contributed by atoms with Crippen LogP contribution in [0.5, 0.6) is 5.75 Å². The average molecular weight is 310 g/mol. The Hall–Kier alpha value is -0.840. The number of fused-ring (bicyclic) bond motifs is 1. The lowest BCUT2D eigenvalue weighted by Gasteiger charge is -2.30. The highest BCUT2D eigenvalue weighted by molar-refractivity contribution is 9.10. The van der Waals surface area contributed by atoms with Crippen LogP contribution < -0.4 is 10.5 Å². The van der Waals surface area contributed by atoms with Gasteiger partial charge in [-0.05, 0) is 35.0 Å². The topological polar surface area (TPSA) is 35.2 Å². The van der Waals surface area contributed by atoms with Gasteiger partial charge in [-0.25, -0.2) is 0 Å². The summed E-state index contributed by atoms with van der Waals surface area (Å²) in [7, 11) is 0. The Balaban J connectivity index is 1.96. The van der Waals surface area contributed by atoms with Crippen molar-refractivity contribution >= 4 is 27.3 Å². The minimum absolute atomic E-state index is 0.0427. The summed E-state index contributed by atoms with van der Waals surface area (Å²) in [5.41, 5.74) is 8.52. The molecule has 1 unspecified atom stereocenters. The predicted octanol–water partition coefficient (Wildman–Crippen LogP) is 4.03. The van der Waals surface area contributed by atoms with Gasteiger partial charge >= 0.3 is 0 Å². The van der Waals surface area contributed by atoms with Gasteiger partial charge in [-0.2, -0.15) is 11.3 Å². The van der Waals surface area contributed by atoms with Crippen LogP contribution in [-0.2, 0) is 0 Å². The van der Waals surface area contributed by atoms with Crippen molar-refractivity contribution in [3.8, 4) is 5.75 Å². The van der Waals surface area contributed by atoms with E-state index in [2.05, 4.69) is 32.8 Å². The number of hydrogen-bond acceptors (Lipinski definition) is 3. The molecule has 2 atom stereocenters. The maximum atomic E-state index is 6.21. The third kappa shape index (κ3) is 2.12. The first-order chi connectivity index (χ1) is 8.24. The zero-order valence-corrected chi connectivity index (χ0v) is 11.5. The Bertz CT molecular complexity index is 526. The summed E-state index contributed by atoms with van der Waals surface area (Å²) in [6.45, 7) is 0. The molecule has 0 aliphatic carbocycles. The smallest absolute Gasteiger partial charge is 0.126 e. The highest BCUT2D eigenvalue weighted by Gasteiger charge is 2.27. The van der Waals surface area contributed by atoms with Crippen LogP contribution in [0.15, 0.2) is 39.5 Å². The molecule has 17 heavy (non-hydrogen) atoms. The largest absolute Gasteiger partial charge is 0.485 e. The zero-order chi connectivity index (χ0) is 11.8. The summed E-state index contributed by atoms with van der Waals surface area (Å²) in [5.74, 6) is 0.906. The first kappa shape index (κ1) is 11.3. The van der Waals surface area contributed by atoms with Gasteiger partial charge in [-0.3, -0.25) is 0 Å². The fourth-order valence-corrected chi connectivity index (χ4v) is 3.22. The highest BCUT2D eigenvalue weighted by Crippen LogP contribution is 2.41. The van der Waals surface area contributed by atoms with Gasteiger partial charge in [-0.1, -0.05) is 15.9 Å². The Morgan fingerprint density at radius 1 is 1.35 bits per heavy atom. The van der Waals surface area contributed by atoms with Crippen LogP contribution in [0.1, 0.15) is 29.7 Å². The minimum Gasteiger partial charge on any atom is -0.485 e. The molecule has 3 rings (SSSR count). The van der Waals surface area contributed by atoms with Crippen molar-refractivity contribution in [2.75, 3.05) is 0 Å². The summed E-state index contributed by atoms with van der Waals surface area (Å²) < 4.78 is 7.05. The number of thiophene rings is 1. The molecule has 0 fully saturated rings. The summed E-state index contributed by atoms with van der Waals surface area (Å²) in [6, 6.07) is 8.16. The first-order valence-electron chi connectivity index (χ1n) is 5.48. The molecule has 2 aromatic rings. The van der Waals surface area contributed by atoms with E-state index in [1.54, 1.807) is 11.3 Å². The van der Waals surface area contributed by atoms with Gasteiger partial charge in [0.15, 0.2) is 0 Å². The van der Waals surface area contributed by atoms with Gasteiger partial charge in [0.25, 0.3) is 0 Å². The molecular formula is C13H12BrNOS. The second kappa shape index (κ2) is 4.44. The van der Waals surface area contributed by atoms with Crippen LogP contribution in [-0.4, -0.2) is 0 Å². The molecule has 1 aromatic carbocycles. The summed E-state index contributed by atoms with van der Waals surface area (Å²) in [5, 5.41) is 4.20. The summed E-state index contributed by atoms with van der Waals surface area (Å²) >= 11 is 5.15. The van der Waals surface area contributed by atoms with E-state index in [1.165, 1.54) is 5.56 Å². The predicted molar refractivity (Wildman–Crippen MR) is 73.4 cm³/mol. The molecule has 0 bridgehead atoms. The number of hydrogen-bond donors (Lipinski definition) is 1. The first-order valence-corrected chi connectivity index (χ1v) is 7.21. The number of benzene rings is 1. The normalized spacial score (nSPS) is 22.9. The lowest BCUT2D eigenvalue weighted by molar-refractivity contribution is 0.162. The van der Waals surface area contributed by atoms with Crippen molar-refractivity contribution in [1.29, 1.82) is 0 Å². The average Bonchev–Trinajstić information content (AvgIpc) is 2.83. The van der Waals surface area contributed by atoms with Crippen molar-refractivity contribution in [1.82, 2.24) is 0 Å². The number of ether oxygens (including phenoxy) is 1. The van der Waals surface area contributed by atoms with E-state index in [4.69, 9.17) is 10.5 Å². The zero-order valence-electron chi connectivity index (χ0n) is 9.10. The Morgan fingerprint density at radius 2 is 2.24 bits per heavy atom. The standard InChI is InChI=1S/C13H12BrNOS/c14-9-1-2-12-10(5-9)11(15)6-13(16-12)8-3-4-17-7-8/h1-5,7,11,13H,6,15H2/t11-,13?/m1/s1. The van der Waals surface area contributed by atoms with Crippen LogP contribution >= 0.6 is 27.3 Å². The van der Waals surface area contributed by atoms with Crippen molar-refractivity contribution in [2.24, 2.45) is 5.73 Å². The van der Waals surface area contributed by atoms with Crippen molar-refractivity contribution in [2.45, 2.75) is 18.6 Å². The molecule has 1 aromatic heterocycles. The van der Waals surface area contributed by atoms with Gasteiger partial charge in [0, 0.05) is 28.1 Å². The second-order valence-corrected chi connectivity index (χ2v) is 5.88. The van der Waals surface area contributed by atoms with Crippen molar-refractivity contribution < 1.29 is 4.74 Å². The van der Waals surface area contributed by atoms with Gasteiger partial charge < -0.3 is 10.5 Å². The van der Waals surface area contributed by atoms with Gasteiger partial charge in [0.1, 0.15) is 11.9 Å². The quantitative estimate of drug-likeness (QED) is 0.863. The maximum absolute atomic E-state index is 6.21. The van der Waals surface area contributed by atoms with E-state index in [0.29, 0.717) is 0 Å². The van der Waals surface area contributed by atoms with Gasteiger partial charge in [0.2, 0.25) is 0 Å². The van der Waals surface area contributed by atoms with Crippen LogP contribution in [0, 0.1) is 0 Å². The molecule has 1 aliphatic rings. The fraction of sp³-hybridized carbons (Fsp3) is 0.231. The van der Waals surface area contributed by atoms with E-state index < -0.39 is 0 Å². The SMILES string of the molecule is N[C@@H]1CC(c2ccsc2)Oc2ccc(Br)cc21. The van der Waals surface area contributed by atoms with Crippen molar-refractivity contribution in [3.05, 3.63) is 50.6 Å². The molecule has 4 heteroatoms.